The zero-order valence-corrected chi connectivity index (χ0v) is 14.1. The lowest BCUT2D eigenvalue weighted by Gasteiger charge is -2.41. The molecule has 0 aromatic carbocycles. The molecule has 1 aromatic rings. The minimum atomic E-state index is -0.669. The summed E-state index contributed by atoms with van der Waals surface area (Å²) >= 11 is 0. The van der Waals surface area contributed by atoms with Crippen LogP contribution < -0.4 is 10.2 Å². The highest BCUT2D eigenvalue weighted by atomic mass is 16.2. The summed E-state index contributed by atoms with van der Waals surface area (Å²) in [4.78, 5) is 30.1. The Morgan fingerprint density at radius 3 is 2.40 bits per heavy atom. The van der Waals surface area contributed by atoms with Gasteiger partial charge in [0, 0.05) is 38.6 Å². The molecule has 2 aliphatic heterocycles. The van der Waals surface area contributed by atoms with E-state index in [1.165, 1.54) is 0 Å². The van der Waals surface area contributed by atoms with Crippen LogP contribution in [0.15, 0.2) is 23.5 Å². The molecule has 4 rings (SSSR count). The van der Waals surface area contributed by atoms with Gasteiger partial charge in [0.15, 0.2) is 5.92 Å². The fourth-order valence-corrected chi connectivity index (χ4v) is 4.02. The van der Waals surface area contributed by atoms with Crippen LogP contribution >= 0.6 is 0 Å². The first-order valence-corrected chi connectivity index (χ1v) is 8.79. The molecular formula is C17H21N7O. The Kier molecular flexibility index (Phi) is 3.99. The van der Waals surface area contributed by atoms with Crippen LogP contribution in [0, 0.1) is 17.2 Å². The third-order valence-electron chi connectivity index (χ3n) is 5.38. The number of nitrogens with zero attached hydrogens (tertiary/aromatic N) is 6. The zero-order valence-electron chi connectivity index (χ0n) is 14.1. The molecule has 130 valence electrons. The van der Waals surface area contributed by atoms with Gasteiger partial charge in [0.2, 0.25) is 17.8 Å². The smallest absolute Gasteiger partial charge is 0.246 e. The molecule has 25 heavy (non-hydrogen) atoms. The summed E-state index contributed by atoms with van der Waals surface area (Å²) in [5.74, 6) is 0.488. The first-order valence-electron chi connectivity index (χ1n) is 8.79. The monoisotopic (exact) mass is 339 g/mol. The van der Waals surface area contributed by atoms with Crippen LogP contribution in [0.5, 0.6) is 0 Å². The molecule has 1 atom stereocenters. The fraction of sp³-hybridized carbons (Fsp3) is 0.588. The third kappa shape index (κ3) is 2.80. The number of guanidine groups is 1. The number of hydrogen-bond donors (Lipinski definition) is 1. The number of nitrogens with one attached hydrogen (secondary N) is 1. The molecule has 1 saturated carbocycles. The van der Waals surface area contributed by atoms with Crippen molar-refractivity contribution in [2.24, 2.45) is 10.9 Å². The van der Waals surface area contributed by atoms with E-state index in [0.717, 1.165) is 57.8 Å². The third-order valence-corrected chi connectivity index (χ3v) is 5.38. The summed E-state index contributed by atoms with van der Waals surface area (Å²) in [6.45, 7) is 3.02. The number of aliphatic imine (C=N–C) groups is 1. The van der Waals surface area contributed by atoms with Crippen molar-refractivity contribution < 1.29 is 4.79 Å². The molecule has 0 radical (unpaired) electrons. The number of anilines is 1. The zero-order chi connectivity index (χ0) is 17.3. The van der Waals surface area contributed by atoms with Crippen molar-refractivity contribution in [2.75, 3.05) is 31.1 Å². The first-order chi connectivity index (χ1) is 12.2. The van der Waals surface area contributed by atoms with Gasteiger partial charge in [-0.15, -0.1) is 0 Å². The van der Waals surface area contributed by atoms with Crippen molar-refractivity contribution in [1.82, 2.24) is 20.2 Å². The quantitative estimate of drug-likeness (QED) is 0.802. The van der Waals surface area contributed by atoms with Crippen LogP contribution in [0.25, 0.3) is 0 Å². The van der Waals surface area contributed by atoms with Gasteiger partial charge in [-0.05, 0) is 18.9 Å². The molecule has 2 fully saturated rings. The predicted molar refractivity (Wildman–Crippen MR) is 91.7 cm³/mol. The molecular weight excluding hydrogens is 318 g/mol. The fourth-order valence-electron chi connectivity index (χ4n) is 4.02. The molecule has 3 heterocycles. The van der Waals surface area contributed by atoms with Gasteiger partial charge in [0.05, 0.1) is 11.6 Å². The Bertz CT molecular complexity index is 712. The van der Waals surface area contributed by atoms with E-state index in [-0.39, 0.29) is 5.91 Å². The molecule has 8 nitrogen and oxygen atoms in total. The number of rotatable bonds is 1. The van der Waals surface area contributed by atoms with Gasteiger partial charge >= 0.3 is 0 Å². The SMILES string of the molecule is N#C[C@@H]1C(=O)NC(N2CCN(c3ncccn3)CC2)=NC12CCCC2. The summed E-state index contributed by atoms with van der Waals surface area (Å²) in [5, 5.41) is 12.3. The number of nitriles is 1. The largest absolute Gasteiger partial charge is 0.339 e. The van der Waals surface area contributed by atoms with Crippen molar-refractivity contribution in [3.63, 3.8) is 0 Å². The summed E-state index contributed by atoms with van der Waals surface area (Å²) in [6.07, 6.45) is 7.18. The van der Waals surface area contributed by atoms with Gasteiger partial charge < -0.3 is 9.80 Å². The van der Waals surface area contributed by atoms with E-state index in [2.05, 4.69) is 31.2 Å². The van der Waals surface area contributed by atoms with Crippen molar-refractivity contribution in [3.05, 3.63) is 18.5 Å². The highest BCUT2D eigenvalue weighted by Crippen LogP contribution is 2.41. The Morgan fingerprint density at radius 2 is 1.76 bits per heavy atom. The molecule has 1 spiro atoms. The van der Waals surface area contributed by atoms with Gasteiger partial charge in [-0.1, -0.05) is 12.8 Å². The van der Waals surface area contributed by atoms with Crippen molar-refractivity contribution >= 4 is 17.8 Å². The normalized spacial score (nSPS) is 25.5. The summed E-state index contributed by atoms with van der Waals surface area (Å²) < 4.78 is 0. The van der Waals surface area contributed by atoms with E-state index < -0.39 is 11.5 Å². The van der Waals surface area contributed by atoms with Crippen molar-refractivity contribution in [1.29, 1.82) is 5.26 Å². The number of amides is 1. The number of hydrogen-bond acceptors (Lipinski definition) is 7. The van der Waals surface area contributed by atoms with Gasteiger partial charge in [-0.2, -0.15) is 5.26 Å². The number of carbonyl (C=O) groups excluding carboxylic acids is 1. The Hall–Kier alpha value is -2.69. The van der Waals surface area contributed by atoms with E-state index in [9.17, 15) is 10.1 Å². The van der Waals surface area contributed by atoms with Crippen molar-refractivity contribution in [3.8, 4) is 6.07 Å². The van der Waals surface area contributed by atoms with E-state index in [1.54, 1.807) is 18.5 Å². The van der Waals surface area contributed by atoms with Crippen LogP contribution in [-0.4, -0.2) is 58.5 Å². The van der Waals surface area contributed by atoms with Gasteiger partial charge in [-0.25, -0.2) is 15.0 Å². The van der Waals surface area contributed by atoms with Crippen LogP contribution in [0.4, 0.5) is 5.95 Å². The van der Waals surface area contributed by atoms with Crippen molar-refractivity contribution in [2.45, 2.75) is 31.2 Å². The summed E-state index contributed by atoms with van der Waals surface area (Å²) in [7, 11) is 0. The molecule has 1 N–H and O–H groups in total. The maximum Gasteiger partial charge on any atom is 0.246 e. The minimum Gasteiger partial charge on any atom is -0.339 e. The minimum absolute atomic E-state index is 0.205. The molecule has 0 unspecified atom stereocenters. The van der Waals surface area contributed by atoms with E-state index >= 15 is 0 Å². The lowest BCUT2D eigenvalue weighted by atomic mass is 9.82. The maximum absolute atomic E-state index is 12.5. The molecule has 0 bridgehead atoms. The topological polar surface area (TPSA) is 97.5 Å². The molecule has 1 saturated heterocycles. The van der Waals surface area contributed by atoms with Crippen LogP contribution in [0.1, 0.15) is 25.7 Å². The number of aromatic nitrogens is 2. The molecule has 8 heteroatoms. The highest BCUT2D eigenvalue weighted by molar-refractivity contribution is 6.02. The predicted octanol–water partition coefficient (Wildman–Crippen LogP) is 0.537. The lowest BCUT2D eigenvalue weighted by Crippen LogP contribution is -2.60. The molecule has 3 aliphatic rings. The lowest BCUT2D eigenvalue weighted by molar-refractivity contribution is -0.124. The Labute approximate surface area is 146 Å². The molecule has 1 aliphatic carbocycles. The van der Waals surface area contributed by atoms with Gasteiger partial charge in [-0.3, -0.25) is 10.1 Å². The van der Waals surface area contributed by atoms with Crippen LogP contribution in [0.3, 0.4) is 0 Å². The standard InChI is InChI=1S/C17H21N7O/c18-12-13-14(25)21-16(22-17(13)4-1-2-5-17)24-10-8-23(9-11-24)15-19-6-3-7-20-15/h3,6-7,13H,1-2,4-5,8-11H2,(H,21,22,25)/t13-/m1/s1. The summed E-state index contributed by atoms with van der Waals surface area (Å²) in [5.41, 5.74) is -0.522. The van der Waals surface area contributed by atoms with E-state index in [1.807, 2.05) is 0 Å². The average Bonchev–Trinajstić information content (AvgIpc) is 3.11. The van der Waals surface area contributed by atoms with Crippen LogP contribution in [-0.2, 0) is 4.79 Å². The number of piperazine rings is 1. The number of carbonyl (C=O) groups is 1. The van der Waals surface area contributed by atoms with E-state index in [4.69, 9.17) is 4.99 Å². The Balaban J connectivity index is 1.50. The maximum atomic E-state index is 12.5. The second-order valence-corrected chi connectivity index (χ2v) is 6.82. The average molecular weight is 339 g/mol. The van der Waals surface area contributed by atoms with Gasteiger partial charge in [0.1, 0.15) is 0 Å². The second-order valence-electron chi connectivity index (χ2n) is 6.82. The molecule has 1 aromatic heterocycles. The van der Waals surface area contributed by atoms with Gasteiger partial charge in [0.25, 0.3) is 0 Å². The Morgan fingerprint density at radius 1 is 1.12 bits per heavy atom. The van der Waals surface area contributed by atoms with Crippen LogP contribution in [0.2, 0.25) is 0 Å². The highest BCUT2D eigenvalue weighted by Gasteiger charge is 2.49. The molecule has 1 amide bonds. The first kappa shape index (κ1) is 15.8. The summed E-state index contributed by atoms with van der Waals surface area (Å²) in [6, 6.07) is 3.98. The second kappa shape index (κ2) is 6.31. The van der Waals surface area contributed by atoms with E-state index in [0.29, 0.717) is 5.96 Å².